The Morgan fingerprint density at radius 3 is 2.80 bits per heavy atom. The van der Waals surface area contributed by atoms with E-state index in [-0.39, 0.29) is 28.3 Å². The topological polar surface area (TPSA) is 73.6 Å². The smallest absolute Gasteiger partial charge is 0.156 e. The van der Waals surface area contributed by atoms with Crippen molar-refractivity contribution in [3.05, 3.63) is 11.6 Å². The minimum atomic E-state index is -1.22. The second-order valence-corrected chi connectivity index (χ2v) is 9.78. The lowest BCUT2D eigenvalue weighted by molar-refractivity contribution is -0.118. The molecule has 5 aliphatic rings. The largest absolute Gasteiger partial charge is 0.375 e. The van der Waals surface area contributed by atoms with Crippen molar-refractivity contribution < 1.29 is 14.6 Å². The number of ether oxygens (including phenoxy) is 1. The van der Waals surface area contributed by atoms with E-state index >= 15 is 0 Å². The molecule has 4 fully saturated rings. The number of epoxide rings is 1. The van der Waals surface area contributed by atoms with Crippen molar-refractivity contribution in [3.8, 4) is 6.07 Å². The molecule has 4 aliphatic carbocycles. The van der Waals surface area contributed by atoms with Crippen molar-refractivity contribution in [2.24, 2.45) is 28.6 Å². The molecule has 4 nitrogen and oxygen atoms in total. The summed E-state index contributed by atoms with van der Waals surface area (Å²) in [5.41, 5.74) is -0.545. The molecule has 1 heterocycles. The van der Waals surface area contributed by atoms with Gasteiger partial charge >= 0.3 is 0 Å². The van der Waals surface area contributed by atoms with Gasteiger partial charge in [-0.2, -0.15) is 5.26 Å². The second-order valence-electron chi connectivity index (χ2n) is 9.78. The lowest BCUT2D eigenvalue weighted by Crippen LogP contribution is -2.61. The molecule has 3 saturated carbocycles. The third-order valence-electron chi connectivity index (χ3n) is 9.00. The molecule has 25 heavy (non-hydrogen) atoms. The molecule has 1 saturated heterocycles. The quantitative estimate of drug-likeness (QED) is 0.542. The summed E-state index contributed by atoms with van der Waals surface area (Å²) in [6.07, 6.45) is 6.77. The highest BCUT2D eigenvalue weighted by molar-refractivity contribution is 5.92. The highest BCUT2D eigenvalue weighted by Crippen LogP contribution is 2.76. The average Bonchev–Trinajstić information content (AvgIpc) is 3.23. The van der Waals surface area contributed by atoms with Gasteiger partial charge in [-0.1, -0.05) is 26.3 Å². The first-order valence-corrected chi connectivity index (χ1v) is 9.78. The molecule has 134 valence electrons. The zero-order valence-electron chi connectivity index (χ0n) is 15.3. The predicted octanol–water partition coefficient (Wildman–Crippen LogP) is 3.15. The van der Waals surface area contributed by atoms with Crippen molar-refractivity contribution >= 4 is 5.78 Å². The Bertz CT molecular complexity index is 753. The third-order valence-corrected chi connectivity index (χ3v) is 9.00. The molecule has 1 spiro atoms. The maximum atomic E-state index is 12.1. The van der Waals surface area contributed by atoms with Crippen LogP contribution in [0.1, 0.15) is 59.3 Å². The molecular formula is C21H27NO3. The maximum Gasteiger partial charge on any atom is 0.156 e. The zero-order valence-corrected chi connectivity index (χ0v) is 15.3. The minimum Gasteiger partial charge on any atom is -0.375 e. The van der Waals surface area contributed by atoms with Gasteiger partial charge in [-0.15, -0.1) is 0 Å². The molecule has 8 atom stereocenters. The van der Waals surface area contributed by atoms with Crippen LogP contribution in [0.5, 0.6) is 0 Å². The molecule has 0 radical (unpaired) electrons. The summed E-state index contributed by atoms with van der Waals surface area (Å²) in [6.45, 7) is 6.66. The molecule has 0 amide bonds. The van der Waals surface area contributed by atoms with Crippen LogP contribution in [0.2, 0.25) is 0 Å². The van der Waals surface area contributed by atoms with Crippen molar-refractivity contribution in [2.75, 3.05) is 0 Å². The molecule has 0 unspecified atom stereocenters. The van der Waals surface area contributed by atoms with Gasteiger partial charge in [0.2, 0.25) is 0 Å². The predicted molar refractivity (Wildman–Crippen MR) is 91.3 cm³/mol. The molecule has 5 rings (SSSR count). The highest BCUT2D eigenvalue weighted by Gasteiger charge is 2.81. The number of fused-ring (bicyclic) bond motifs is 3. The van der Waals surface area contributed by atoms with Gasteiger partial charge in [-0.05, 0) is 55.9 Å². The monoisotopic (exact) mass is 341 g/mol. The Morgan fingerprint density at radius 1 is 1.32 bits per heavy atom. The van der Waals surface area contributed by atoms with E-state index in [4.69, 9.17) is 4.74 Å². The second kappa shape index (κ2) is 4.38. The molecule has 0 aromatic rings. The average molecular weight is 341 g/mol. The Balaban J connectivity index is 1.63. The van der Waals surface area contributed by atoms with Gasteiger partial charge < -0.3 is 9.84 Å². The fourth-order valence-corrected chi connectivity index (χ4v) is 7.60. The number of ketones is 1. The van der Waals surface area contributed by atoms with Gasteiger partial charge in [0.25, 0.3) is 0 Å². The van der Waals surface area contributed by atoms with Crippen molar-refractivity contribution in [1.29, 1.82) is 5.26 Å². The summed E-state index contributed by atoms with van der Waals surface area (Å²) in [5.74, 6) is 1.33. The Hall–Kier alpha value is -1.18. The lowest BCUT2D eigenvalue weighted by atomic mass is 9.44. The molecule has 1 aliphatic heterocycles. The Labute approximate surface area is 149 Å². The number of nitrogens with zero attached hydrogens (tertiary/aromatic N) is 1. The summed E-state index contributed by atoms with van der Waals surface area (Å²) in [7, 11) is 0. The van der Waals surface area contributed by atoms with E-state index in [9.17, 15) is 15.2 Å². The zero-order chi connectivity index (χ0) is 17.8. The Morgan fingerprint density at radius 2 is 2.08 bits per heavy atom. The van der Waals surface area contributed by atoms with Crippen LogP contribution < -0.4 is 0 Å². The number of aliphatic hydroxyl groups is 1. The maximum absolute atomic E-state index is 12.1. The van der Waals surface area contributed by atoms with E-state index in [0.29, 0.717) is 30.6 Å². The third kappa shape index (κ3) is 1.55. The molecular weight excluding hydrogens is 314 g/mol. The molecule has 1 N–H and O–H groups in total. The number of hydrogen-bond acceptors (Lipinski definition) is 4. The lowest BCUT2D eigenvalue weighted by Gasteiger charge is -2.57. The van der Waals surface area contributed by atoms with Gasteiger partial charge in [0.05, 0.1) is 12.2 Å². The van der Waals surface area contributed by atoms with Gasteiger partial charge in [0, 0.05) is 17.3 Å². The first-order chi connectivity index (χ1) is 11.7. The number of rotatable bonds is 0. The first-order valence-electron chi connectivity index (χ1n) is 9.78. The number of nitriles is 1. The van der Waals surface area contributed by atoms with Crippen LogP contribution in [0, 0.1) is 39.9 Å². The molecule has 4 heteroatoms. The van der Waals surface area contributed by atoms with E-state index in [1.54, 1.807) is 0 Å². The van der Waals surface area contributed by atoms with E-state index in [0.717, 1.165) is 25.7 Å². The number of hydrogen-bond donors (Lipinski definition) is 1. The van der Waals surface area contributed by atoms with Crippen molar-refractivity contribution in [1.82, 2.24) is 0 Å². The normalized spacial score (nSPS) is 59.0. The van der Waals surface area contributed by atoms with Crippen molar-refractivity contribution in [3.63, 3.8) is 0 Å². The van der Waals surface area contributed by atoms with Gasteiger partial charge in [-0.25, -0.2) is 0 Å². The van der Waals surface area contributed by atoms with Gasteiger partial charge in [0.15, 0.2) is 11.4 Å². The minimum absolute atomic E-state index is 0.0669. The summed E-state index contributed by atoms with van der Waals surface area (Å²) in [4.78, 5) is 12.1. The molecule has 0 aromatic carbocycles. The van der Waals surface area contributed by atoms with Gasteiger partial charge in [0.1, 0.15) is 5.60 Å². The van der Waals surface area contributed by atoms with Crippen LogP contribution >= 0.6 is 0 Å². The highest BCUT2D eigenvalue weighted by atomic mass is 16.6. The fraction of sp³-hybridized carbons (Fsp3) is 0.810. The van der Waals surface area contributed by atoms with Crippen LogP contribution in [-0.4, -0.2) is 28.2 Å². The summed E-state index contributed by atoms with van der Waals surface area (Å²) >= 11 is 0. The Kier molecular flexibility index (Phi) is 2.81. The first kappa shape index (κ1) is 16.0. The summed E-state index contributed by atoms with van der Waals surface area (Å²) in [5, 5.41) is 20.7. The van der Waals surface area contributed by atoms with Crippen LogP contribution in [0.15, 0.2) is 11.6 Å². The van der Waals surface area contributed by atoms with Crippen LogP contribution in [-0.2, 0) is 9.53 Å². The fourth-order valence-electron chi connectivity index (χ4n) is 7.60. The number of carbonyl (C=O) groups is 1. The molecule has 0 bridgehead atoms. The van der Waals surface area contributed by atoms with Gasteiger partial charge in [-0.3, -0.25) is 4.79 Å². The van der Waals surface area contributed by atoms with Crippen molar-refractivity contribution in [2.45, 2.75) is 76.6 Å². The van der Waals surface area contributed by atoms with E-state index < -0.39 is 5.60 Å². The van der Waals surface area contributed by atoms with E-state index in [2.05, 4.69) is 26.8 Å². The number of carbonyl (C=O) groups excluding carboxylic acids is 1. The summed E-state index contributed by atoms with van der Waals surface area (Å²) in [6, 6.07) is 2.24. The molecule has 0 aromatic heterocycles. The van der Waals surface area contributed by atoms with E-state index in [1.165, 1.54) is 5.57 Å². The van der Waals surface area contributed by atoms with E-state index in [1.807, 2.05) is 6.08 Å². The van der Waals surface area contributed by atoms with Crippen LogP contribution in [0.25, 0.3) is 0 Å². The van der Waals surface area contributed by atoms with Crippen LogP contribution in [0.4, 0.5) is 0 Å². The van der Waals surface area contributed by atoms with Crippen LogP contribution in [0.3, 0.4) is 0 Å². The summed E-state index contributed by atoms with van der Waals surface area (Å²) < 4.78 is 6.49. The standard InChI is InChI=1S/C21H27NO3/c1-12-8-16-14-5-7-20(24,11-22)19(14,3)10-17-21(16,25-17)18(2)6-4-13(23)9-15(12)18/h9,12,14,16-17,24H,4-8,10H2,1-3H3/t12-,14-,16-,17-,18-,19-,20-,21+/m0/s1. The SMILES string of the molecule is C[C@H]1C[C@H]2[C@@H]3CC[C@](O)(C#N)[C@@]3(C)C[C@@H]3O[C@@]32[C@@]2(C)CCC(=O)C=C12.